The summed E-state index contributed by atoms with van der Waals surface area (Å²) >= 11 is 1.58. The number of anilines is 1. The van der Waals surface area contributed by atoms with Gasteiger partial charge < -0.3 is 20.2 Å². The molecule has 0 aliphatic carbocycles. The van der Waals surface area contributed by atoms with Gasteiger partial charge in [-0.3, -0.25) is 14.4 Å². The topological polar surface area (TPSA) is 90.0 Å². The molecule has 1 atom stereocenters. The van der Waals surface area contributed by atoms with Crippen molar-refractivity contribution in [1.82, 2.24) is 9.80 Å². The number of aliphatic hydroxyl groups is 1. The molecule has 4 rings (SSSR count). The predicted molar refractivity (Wildman–Crippen MR) is 96.9 cm³/mol. The third-order valence-electron chi connectivity index (χ3n) is 4.79. The van der Waals surface area contributed by atoms with Crippen molar-refractivity contribution in [2.24, 2.45) is 0 Å². The molecule has 134 valence electrons. The number of thiophene rings is 1. The van der Waals surface area contributed by atoms with Crippen LogP contribution in [0.5, 0.6) is 0 Å². The minimum Gasteiger partial charge on any atom is -0.387 e. The number of hydrogen-bond acceptors (Lipinski definition) is 5. The van der Waals surface area contributed by atoms with Crippen LogP contribution in [-0.2, 0) is 9.59 Å². The van der Waals surface area contributed by atoms with Gasteiger partial charge in [-0.15, -0.1) is 0 Å². The van der Waals surface area contributed by atoms with Gasteiger partial charge in [-0.2, -0.15) is 11.3 Å². The number of hydrogen-bond donors (Lipinski definition) is 2. The van der Waals surface area contributed by atoms with Crippen LogP contribution < -0.4 is 5.32 Å². The van der Waals surface area contributed by atoms with Crippen LogP contribution in [0, 0.1) is 0 Å². The standard InChI is InChI=1S/C18H17N3O4S/c22-9-16(23)20-4-5-21-15(8-20)17(24)19-14-2-1-11(7-13(14)18(21)25)12-3-6-26-10-12/h1-3,6-7,10,15,22H,4-5,8-9H2,(H,19,24). The van der Waals surface area contributed by atoms with E-state index in [1.165, 1.54) is 9.80 Å². The Hall–Kier alpha value is -2.71. The minimum absolute atomic E-state index is 0.0857. The molecule has 2 aliphatic heterocycles. The Balaban J connectivity index is 1.68. The second-order valence-corrected chi connectivity index (χ2v) is 7.05. The van der Waals surface area contributed by atoms with E-state index in [0.29, 0.717) is 17.8 Å². The number of carbonyl (C=O) groups is 3. The van der Waals surface area contributed by atoms with Gasteiger partial charge in [-0.05, 0) is 40.1 Å². The molecular formula is C18H17N3O4S. The molecule has 1 fully saturated rings. The zero-order chi connectivity index (χ0) is 18.3. The molecule has 0 saturated carbocycles. The van der Waals surface area contributed by atoms with Crippen molar-refractivity contribution in [2.45, 2.75) is 6.04 Å². The SMILES string of the molecule is O=C1Nc2ccc(-c3ccsc3)cc2C(=O)N2CCN(C(=O)CO)CC12. The lowest BCUT2D eigenvalue weighted by molar-refractivity contribution is -0.138. The summed E-state index contributed by atoms with van der Waals surface area (Å²) in [5.74, 6) is -0.987. The number of nitrogens with one attached hydrogen (secondary N) is 1. The fourth-order valence-corrected chi connectivity index (χ4v) is 4.05. The zero-order valence-electron chi connectivity index (χ0n) is 13.8. The van der Waals surface area contributed by atoms with E-state index in [4.69, 9.17) is 5.11 Å². The van der Waals surface area contributed by atoms with E-state index in [1.54, 1.807) is 23.5 Å². The monoisotopic (exact) mass is 371 g/mol. The Morgan fingerprint density at radius 2 is 2.08 bits per heavy atom. The van der Waals surface area contributed by atoms with E-state index in [9.17, 15) is 14.4 Å². The van der Waals surface area contributed by atoms with Crippen LogP contribution in [0.2, 0.25) is 0 Å². The van der Waals surface area contributed by atoms with E-state index in [-0.39, 0.29) is 24.9 Å². The molecule has 2 aromatic rings. The van der Waals surface area contributed by atoms with Gasteiger partial charge in [-0.1, -0.05) is 6.07 Å². The molecule has 2 aliphatic rings. The van der Waals surface area contributed by atoms with Gasteiger partial charge in [0, 0.05) is 13.1 Å². The Bertz CT molecular complexity index is 881. The lowest BCUT2D eigenvalue weighted by atomic mass is 10.0. The van der Waals surface area contributed by atoms with Crippen molar-refractivity contribution in [3.63, 3.8) is 0 Å². The molecule has 3 heterocycles. The number of piperazine rings is 1. The smallest absolute Gasteiger partial charge is 0.256 e. The van der Waals surface area contributed by atoms with Crippen LogP contribution in [-0.4, -0.2) is 64.9 Å². The first kappa shape index (κ1) is 16.7. The van der Waals surface area contributed by atoms with E-state index < -0.39 is 18.6 Å². The van der Waals surface area contributed by atoms with E-state index in [1.807, 2.05) is 22.9 Å². The molecule has 0 spiro atoms. The van der Waals surface area contributed by atoms with Crippen molar-refractivity contribution in [3.8, 4) is 11.1 Å². The first-order chi connectivity index (χ1) is 12.6. The van der Waals surface area contributed by atoms with Crippen molar-refractivity contribution in [1.29, 1.82) is 0 Å². The molecule has 26 heavy (non-hydrogen) atoms. The van der Waals surface area contributed by atoms with Crippen LogP contribution in [0.15, 0.2) is 35.0 Å². The number of nitrogens with zero attached hydrogens (tertiary/aromatic N) is 2. The Morgan fingerprint density at radius 1 is 1.23 bits per heavy atom. The second-order valence-electron chi connectivity index (χ2n) is 6.27. The molecule has 7 nitrogen and oxygen atoms in total. The number of rotatable bonds is 2. The minimum atomic E-state index is -0.760. The Morgan fingerprint density at radius 3 is 2.81 bits per heavy atom. The van der Waals surface area contributed by atoms with Crippen LogP contribution in [0.25, 0.3) is 11.1 Å². The average Bonchev–Trinajstić information content (AvgIpc) is 3.18. The van der Waals surface area contributed by atoms with Crippen molar-refractivity contribution in [2.75, 3.05) is 31.6 Å². The quantitative estimate of drug-likeness (QED) is 0.825. The summed E-state index contributed by atoms with van der Waals surface area (Å²) in [6.07, 6.45) is 0. The summed E-state index contributed by atoms with van der Waals surface area (Å²) < 4.78 is 0. The molecule has 8 heteroatoms. The average molecular weight is 371 g/mol. The van der Waals surface area contributed by atoms with Gasteiger partial charge in [0.15, 0.2) is 0 Å². The Labute approximate surface area is 153 Å². The number of aliphatic hydroxyl groups excluding tert-OH is 1. The summed E-state index contributed by atoms with van der Waals surface area (Å²) in [6.45, 7) is 0.0358. The van der Waals surface area contributed by atoms with Gasteiger partial charge in [0.05, 0.1) is 17.8 Å². The van der Waals surface area contributed by atoms with Crippen molar-refractivity contribution < 1.29 is 19.5 Å². The molecule has 1 aromatic carbocycles. The highest BCUT2D eigenvalue weighted by Gasteiger charge is 2.40. The lowest BCUT2D eigenvalue weighted by Gasteiger charge is -2.39. The molecule has 2 N–H and O–H groups in total. The lowest BCUT2D eigenvalue weighted by Crippen LogP contribution is -2.59. The Kier molecular flexibility index (Phi) is 4.21. The summed E-state index contributed by atoms with van der Waals surface area (Å²) in [5, 5.41) is 15.8. The van der Waals surface area contributed by atoms with Crippen LogP contribution >= 0.6 is 11.3 Å². The van der Waals surface area contributed by atoms with E-state index in [2.05, 4.69) is 5.32 Å². The molecule has 3 amide bonds. The highest BCUT2D eigenvalue weighted by atomic mass is 32.1. The second kappa shape index (κ2) is 6.54. The summed E-state index contributed by atoms with van der Waals surface area (Å²) in [6, 6.07) is 6.64. The van der Waals surface area contributed by atoms with Crippen LogP contribution in [0.4, 0.5) is 5.69 Å². The maximum atomic E-state index is 13.1. The molecule has 1 unspecified atom stereocenters. The van der Waals surface area contributed by atoms with E-state index in [0.717, 1.165) is 11.1 Å². The first-order valence-corrected chi connectivity index (χ1v) is 9.20. The van der Waals surface area contributed by atoms with Crippen molar-refractivity contribution in [3.05, 3.63) is 40.6 Å². The first-order valence-electron chi connectivity index (χ1n) is 8.25. The fraction of sp³-hybridized carbons (Fsp3) is 0.278. The fourth-order valence-electron chi connectivity index (χ4n) is 3.39. The molecule has 1 aromatic heterocycles. The van der Waals surface area contributed by atoms with Gasteiger partial charge >= 0.3 is 0 Å². The summed E-state index contributed by atoms with van der Waals surface area (Å²) in [7, 11) is 0. The van der Waals surface area contributed by atoms with Crippen LogP contribution in [0.3, 0.4) is 0 Å². The third kappa shape index (κ3) is 2.77. The normalized spacial score (nSPS) is 19.5. The van der Waals surface area contributed by atoms with Crippen LogP contribution in [0.1, 0.15) is 10.4 Å². The number of fused-ring (bicyclic) bond motifs is 2. The number of amides is 3. The molecule has 0 bridgehead atoms. The number of benzene rings is 1. The summed E-state index contributed by atoms with van der Waals surface area (Å²) in [4.78, 5) is 40.4. The van der Waals surface area contributed by atoms with Gasteiger partial charge in [0.25, 0.3) is 5.91 Å². The molecule has 1 saturated heterocycles. The maximum absolute atomic E-state index is 13.1. The third-order valence-corrected chi connectivity index (χ3v) is 5.48. The molecule has 0 radical (unpaired) electrons. The largest absolute Gasteiger partial charge is 0.387 e. The predicted octanol–water partition coefficient (Wildman–Crippen LogP) is 1.01. The molecular weight excluding hydrogens is 354 g/mol. The van der Waals surface area contributed by atoms with E-state index >= 15 is 0 Å². The maximum Gasteiger partial charge on any atom is 0.256 e. The van der Waals surface area contributed by atoms with Gasteiger partial charge in [0.1, 0.15) is 12.6 Å². The highest BCUT2D eigenvalue weighted by molar-refractivity contribution is 7.08. The van der Waals surface area contributed by atoms with Gasteiger partial charge in [-0.25, -0.2) is 0 Å². The van der Waals surface area contributed by atoms with Crippen molar-refractivity contribution >= 4 is 34.7 Å². The zero-order valence-corrected chi connectivity index (χ0v) is 14.7. The summed E-state index contributed by atoms with van der Waals surface area (Å²) in [5.41, 5.74) is 2.87. The number of carbonyl (C=O) groups excluding carboxylic acids is 3. The van der Waals surface area contributed by atoms with Gasteiger partial charge in [0.2, 0.25) is 11.8 Å². The highest BCUT2D eigenvalue weighted by Crippen LogP contribution is 2.31.